The van der Waals surface area contributed by atoms with E-state index in [4.69, 9.17) is 13.9 Å². The second-order valence-electron chi connectivity index (χ2n) is 6.24. The Bertz CT molecular complexity index is 831. The molecule has 0 aliphatic rings. The van der Waals surface area contributed by atoms with Crippen molar-refractivity contribution in [2.75, 3.05) is 6.54 Å². The van der Waals surface area contributed by atoms with Gasteiger partial charge in [0.2, 0.25) is 0 Å². The Morgan fingerprint density at radius 1 is 1.21 bits per heavy atom. The van der Waals surface area contributed by atoms with Crippen LogP contribution in [0, 0.1) is 6.92 Å². The fourth-order valence-corrected chi connectivity index (χ4v) is 1.99. The maximum atomic E-state index is 11.8. The van der Waals surface area contributed by atoms with Gasteiger partial charge in [-0.05, 0) is 45.4 Å². The van der Waals surface area contributed by atoms with E-state index in [-0.39, 0.29) is 12.3 Å². The van der Waals surface area contributed by atoms with Crippen molar-refractivity contribution in [3.8, 4) is 5.75 Å². The Labute approximate surface area is 138 Å². The first kappa shape index (κ1) is 17.5. The van der Waals surface area contributed by atoms with E-state index >= 15 is 0 Å². The summed E-state index contributed by atoms with van der Waals surface area (Å²) in [4.78, 5) is 34.6. The number of amides is 1. The third-order valence-corrected chi connectivity index (χ3v) is 2.93. The minimum absolute atomic E-state index is 0.215. The SMILES string of the molecule is Cc1cc(=O)oc2cc(OC(=O)CNC(=O)OC(C)(C)C)ccc12. The van der Waals surface area contributed by atoms with E-state index in [1.807, 2.05) is 0 Å². The van der Waals surface area contributed by atoms with Crippen LogP contribution >= 0.6 is 0 Å². The van der Waals surface area contributed by atoms with Crippen LogP contribution in [0.1, 0.15) is 26.3 Å². The highest BCUT2D eigenvalue weighted by atomic mass is 16.6. The molecular weight excluding hydrogens is 314 g/mol. The Kier molecular flexibility index (Phi) is 4.92. The molecule has 0 saturated carbocycles. The number of alkyl carbamates (subject to hydrolysis) is 1. The number of ether oxygens (including phenoxy) is 2. The van der Waals surface area contributed by atoms with Gasteiger partial charge < -0.3 is 19.2 Å². The molecule has 7 heteroatoms. The molecule has 0 saturated heterocycles. The minimum Gasteiger partial charge on any atom is -0.444 e. The third-order valence-electron chi connectivity index (χ3n) is 2.93. The number of fused-ring (bicyclic) bond motifs is 1. The lowest BCUT2D eigenvalue weighted by atomic mass is 10.1. The van der Waals surface area contributed by atoms with Crippen molar-refractivity contribution < 1.29 is 23.5 Å². The lowest BCUT2D eigenvalue weighted by molar-refractivity contribution is -0.133. The first-order valence-electron chi connectivity index (χ1n) is 7.36. The summed E-state index contributed by atoms with van der Waals surface area (Å²) >= 11 is 0. The van der Waals surface area contributed by atoms with Crippen molar-refractivity contribution in [3.63, 3.8) is 0 Å². The van der Waals surface area contributed by atoms with Crippen LogP contribution in [-0.4, -0.2) is 24.2 Å². The Morgan fingerprint density at radius 3 is 2.58 bits per heavy atom. The molecule has 2 aromatic rings. The first-order valence-corrected chi connectivity index (χ1v) is 7.36. The number of carbonyl (C=O) groups is 2. The predicted molar refractivity (Wildman–Crippen MR) is 87.1 cm³/mol. The van der Waals surface area contributed by atoms with Gasteiger partial charge in [-0.15, -0.1) is 0 Å². The molecule has 24 heavy (non-hydrogen) atoms. The van der Waals surface area contributed by atoms with Gasteiger partial charge in [0, 0.05) is 17.5 Å². The van der Waals surface area contributed by atoms with Crippen molar-refractivity contribution in [1.82, 2.24) is 5.32 Å². The largest absolute Gasteiger partial charge is 0.444 e. The topological polar surface area (TPSA) is 94.8 Å². The molecule has 0 fully saturated rings. The standard InChI is InChI=1S/C17H19NO6/c1-10-7-14(19)23-13-8-11(5-6-12(10)13)22-15(20)9-18-16(21)24-17(2,3)4/h5-8H,9H2,1-4H3,(H,18,21). The predicted octanol–water partition coefficient (Wildman–Crippen LogP) is 2.53. The summed E-state index contributed by atoms with van der Waals surface area (Å²) in [6.07, 6.45) is -0.709. The molecule has 0 spiro atoms. The van der Waals surface area contributed by atoms with Crippen LogP contribution in [0.4, 0.5) is 4.79 Å². The number of rotatable bonds is 3. The summed E-state index contributed by atoms with van der Waals surface area (Å²) in [5, 5.41) is 3.06. The van der Waals surface area contributed by atoms with Crippen molar-refractivity contribution in [2.45, 2.75) is 33.3 Å². The molecule has 0 atom stereocenters. The molecular formula is C17H19NO6. The Balaban J connectivity index is 2.00. The van der Waals surface area contributed by atoms with Crippen LogP contribution in [0.2, 0.25) is 0 Å². The van der Waals surface area contributed by atoms with E-state index in [1.165, 1.54) is 12.1 Å². The number of aryl methyl sites for hydroxylation is 1. The highest BCUT2D eigenvalue weighted by molar-refractivity contribution is 5.83. The second kappa shape index (κ2) is 6.74. The van der Waals surface area contributed by atoms with Gasteiger partial charge in [0.05, 0.1) is 0 Å². The van der Waals surface area contributed by atoms with E-state index in [0.29, 0.717) is 5.58 Å². The lowest BCUT2D eigenvalue weighted by Gasteiger charge is -2.19. The van der Waals surface area contributed by atoms with Crippen LogP contribution in [0.25, 0.3) is 11.0 Å². The van der Waals surface area contributed by atoms with Gasteiger partial charge in [0.15, 0.2) is 0 Å². The summed E-state index contributed by atoms with van der Waals surface area (Å²) in [6.45, 7) is 6.60. The van der Waals surface area contributed by atoms with Crippen molar-refractivity contribution >= 4 is 23.0 Å². The third kappa shape index (κ3) is 4.84. The van der Waals surface area contributed by atoms with Crippen molar-refractivity contribution in [1.29, 1.82) is 0 Å². The molecule has 1 heterocycles. The monoisotopic (exact) mass is 333 g/mol. The van der Waals surface area contributed by atoms with Crippen molar-refractivity contribution in [3.05, 3.63) is 40.2 Å². The van der Waals surface area contributed by atoms with Gasteiger partial charge in [-0.25, -0.2) is 14.4 Å². The zero-order valence-corrected chi connectivity index (χ0v) is 14.0. The van der Waals surface area contributed by atoms with Crippen LogP contribution in [0.3, 0.4) is 0 Å². The van der Waals surface area contributed by atoms with Crippen molar-refractivity contribution in [2.24, 2.45) is 0 Å². The molecule has 0 radical (unpaired) electrons. The average Bonchev–Trinajstić information content (AvgIpc) is 2.42. The molecule has 0 aliphatic heterocycles. The fraction of sp³-hybridized carbons (Fsp3) is 0.353. The van der Waals surface area contributed by atoms with E-state index in [2.05, 4.69) is 5.32 Å². The molecule has 1 aromatic heterocycles. The van der Waals surface area contributed by atoms with Gasteiger partial charge in [-0.1, -0.05) is 0 Å². The summed E-state index contributed by atoms with van der Waals surface area (Å²) in [5.74, 6) is -0.456. The van der Waals surface area contributed by atoms with E-state index in [9.17, 15) is 14.4 Å². The van der Waals surface area contributed by atoms with Gasteiger partial charge in [0.25, 0.3) is 0 Å². The van der Waals surface area contributed by atoms with E-state index in [1.54, 1.807) is 39.8 Å². The Morgan fingerprint density at radius 2 is 1.92 bits per heavy atom. The maximum absolute atomic E-state index is 11.8. The van der Waals surface area contributed by atoms with Gasteiger partial charge in [-0.3, -0.25) is 0 Å². The molecule has 1 amide bonds. The molecule has 0 unspecified atom stereocenters. The van der Waals surface area contributed by atoms with Crippen LogP contribution in [-0.2, 0) is 9.53 Å². The molecule has 7 nitrogen and oxygen atoms in total. The van der Waals surface area contributed by atoms with E-state index < -0.39 is 23.3 Å². The zero-order chi connectivity index (χ0) is 17.9. The molecule has 0 bridgehead atoms. The first-order chi connectivity index (χ1) is 11.1. The minimum atomic E-state index is -0.709. The summed E-state index contributed by atoms with van der Waals surface area (Å²) in [5.41, 5.74) is -0.0342. The number of hydrogen-bond acceptors (Lipinski definition) is 6. The quantitative estimate of drug-likeness (QED) is 0.527. The van der Waals surface area contributed by atoms with Crippen LogP contribution in [0.5, 0.6) is 5.75 Å². The van der Waals surface area contributed by atoms with Gasteiger partial charge in [0.1, 0.15) is 23.5 Å². The van der Waals surface area contributed by atoms with Crippen LogP contribution in [0.15, 0.2) is 33.5 Å². The summed E-state index contributed by atoms with van der Waals surface area (Å²) in [6, 6.07) is 6.12. The smallest absolute Gasteiger partial charge is 0.408 e. The highest BCUT2D eigenvalue weighted by Gasteiger charge is 2.17. The Hall–Kier alpha value is -2.83. The summed E-state index contributed by atoms with van der Waals surface area (Å²) in [7, 11) is 0. The fourth-order valence-electron chi connectivity index (χ4n) is 1.99. The molecule has 128 valence electrons. The van der Waals surface area contributed by atoms with Gasteiger partial charge in [-0.2, -0.15) is 0 Å². The van der Waals surface area contributed by atoms with Gasteiger partial charge >= 0.3 is 17.7 Å². The zero-order valence-electron chi connectivity index (χ0n) is 14.0. The van der Waals surface area contributed by atoms with E-state index in [0.717, 1.165) is 10.9 Å². The normalized spacial score (nSPS) is 11.2. The molecule has 1 N–H and O–H groups in total. The lowest BCUT2D eigenvalue weighted by Crippen LogP contribution is -2.36. The average molecular weight is 333 g/mol. The number of carbonyl (C=O) groups excluding carboxylic acids is 2. The number of benzene rings is 1. The molecule has 1 aromatic carbocycles. The molecule has 0 aliphatic carbocycles. The summed E-state index contributed by atoms with van der Waals surface area (Å²) < 4.78 is 15.2. The number of nitrogens with one attached hydrogen (secondary N) is 1. The molecule has 2 rings (SSSR count). The van der Waals surface area contributed by atoms with Crippen LogP contribution < -0.4 is 15.7 Å². The highest BCUT2D eigenvalue weighted by Crippen LogP contribution is 2.22. The number of hydrogen-bond donors (Lipinski definition) is 1. The number of esters is 1. The second-order valence-corrected chi connectivity index (χ2v) is 6.24. The maximum Gasteiger partial charge on any atom is 0.408 e.